The number of aromatic nitrogens is 1. The van der Waals surface area contributed by atoms with Crippen molar-refractivity contribution < 1.29 is 0 Å². The highest BCUT2D eigenvalue weighted by molar-refractivity contribution is 14.1. The minimum absolute atomic E-state index is 0.0832. The molecule has 4 atom stereocenters. The second-order valence-corrected chi connectivity index (χ2v) is 14.2. The van der Waals surface area contributed by atoms with E-state index in [1.807, 2.05) is 0 Å². The molecular formula is C30H37ClI2N2. The molecule has 0 amide bonds. The Balaban J connectivity index is 1.99. The zero-order valence-electron chi connectivity index (χ0n) is 21.7. The van der Waals surface area contributed by atoms with Crippen LogP contribution >= 0.6 is 56.8 Å². The van der Waals surface area contributed by atoms with Gasteiger partial charge >= 0.3 is 0 Å². The number of alkyl halides is 2. The van der Waals surface area contributed by atoms with Gasteiger partial charge in [0.2, 0.25) is 0 Å². The van der Waals surface area contributed by atoms with Gasteiger partial charge in [-0.1, -0.05) is 113 Å². The molecule has 2 heterocycles. The predicted octanol–water partition coefficient (Wildman–Crippen LogP) is 9.00. The van der Waals surface area contributed by atoms with E-state index >= 15 is 0 Å². The number of fused-ring (bicyclic) bond motifs is 3. The molecule has 0 aliphatic carbocycles. The molecule has 2 aromatic carbocycles. The molecule has 5 heteroatoms. The quantitative estimate of drug-likeness (QED) is 0.135. The molecule has 4 rings (SSSR count). The lowest BCUT2D eigenvalue weighted by atomic mass is 9.76. The normalized spacial score (nSPS) is 20.2. The molecule has 1 aromatic heterocycles. The van der Waals surface area contributed by atoms with Crippen LogP contribution in [0.5, 0.6) is 0 Å². The summed E-state index contributed by atoms with van der Waals surface area (Å²) in [4.78, 5) is 2.43. The maximum absolute atomic E-state index is 6.53. The molecule has 0 saturated carbocycles. The molecular weight excluding hydrogens is 678 g/mol. The van der Waals surface area contributed by atoms with Crippen molar-refractivity contribution in [2.24, 2.45) is 11.8 Å². The first-order valence-corrected chi connectivity index (χ1v) is 15.5. The highest BCUT2D eigenvalue weighted by Crippen LogP contribution is 2.46. The van der Waals surface area contributed by atoms with Crippen LogP contribution in [0.25, 0.3) is 10.9 Å². The Morgan fingerprint density at radius 1 is 1.14 bits per heavy atom. The SMILES string of the molecule is C/C(=C\[C@@](C)([C@@H](C)[C@@H](C)CI)n1c2c(c3cc(Cl)ccc31)CN(C)CC2)[C@@](C)(I)c1ccccc1. The van der Waals surface area contributed by atoms with Crippen LogP contribution in [0.1, 0.15) is 51.4 Å². The third kappa shape index (κ3) is 5.10. The predicted molar refractivity (Wildman–Crippen MR) is 169 cm³/mol. The lowest BCUT2D eigenvalue weighted by Gasteiger charge is -2.42. The molecule has 3 aromatic rings. The minimum Gasteiger partial charge on any atom is -0.335 e. The van der Waals surface area contributed by atoms with Gasteiger partial charge in [0, 0.05) is 45.6 Å². The van der Waals surface area contributed by atoms with Crippen LogP contribution in [0.4, 0.5) is 0 Å². The Labute approximate surface area is 243 Å². The summed E-state index contributed by atoms with van der Waals surface area (Å²) in [5, 5.41) is 2.13. The molecule has 0 fully saturated rings. The Morgan fingerprint density at radius 3 is 2.49 bits per heavy atom. The van der Waals surface area contributed by atoms with Crippen molar-refractivity contribution in [3.63, 3.8) is 0 Å². The Kier molecular flexibility index (Phi) is 8.36. The van der Waals surface area contributed by atoms with Crippen LogP contribution in [-0.4, -0.2) is 27.5 Å². The topological polar surface area (TPSA) is 8.17 Å². The van der Waals surface area contributed by atoms with Crippen LogP contribution in [-0.2, 0) is 21.9 Å². The average Bonchev–Trinajstić information content (AvgIpc) is 3.16. The van der Waals surface area contributed by atoms with Crippen molar-refractivity contribution in [2.75, 3.05) is 18.0 Å². The van der Waals surface area contributed by atoms with Gasteiger partial charge in [0.15, 0.2) is 0 Å². The van der Waals surface area contributed by atoms with E-state index < -0.39 is 0 Å². The molecule has 0 spiro atoms. The van der Waals surface area contributed by atoms with E-state index in [1.165, 1.54) is 33.3 Å². The van der Waals surface area contributed by atoms with E-state index in [1.54, 1.807) is 0 Å². The zero-order chi connectivity index (χ0) is 25.5. The zero-order valence-corrected chi connectivity index (χ0v) is 26.8. The Bertz CT molecular complexity index is 1230. The second kappa shape index (κ2) is 10.7. The van der Waals surface area contributed by atoms with Gasteiger partial charge in [-0.15, -0.1) is 0 Å². The van der Waals surface area contributed by atoms with Gasteiger partial charge in [0.25, 0.3) is 0 Å². The highest BCUT2D eigenvalue weighted by atomic mass is 127. The summed E-state index contributed by atoms with van der Waals surface area (Å²) in [5.41, 5.74) is 6.81. The van der Waals surface area contributed by atoms with Crippen molar-refractivity contribution in [1.29, 1.82) is 0 Å². The maximum atomic E-state index is 6.53. The summed E-state index contributed by atoms with van der Waals surface area (Å²) in [6.07, 6.45) is 3.65. The van der Waals surface area contributed by atoms with Crippen molar-refractivity contribution in [1.82, 2.24) is 9.47 Å². The molecule has 0 radical (unpaired) electrons. The Morgan fingerprint density at radius 2 is 1.83 bits per heavy atom. The van der Waals surface area contributed by atoms with Gasteiger partial charge in [-0.3, -0.25) is 0 Å². The highest BCUT2D eigenvalue weighted by Gasteiger charge is 2.40. The fraction of sp³-hybridized carbons (Fsp3) is 0.467. The molecule has 35 heavy (non-hydrogen) atoms. The number of nitrogens with zero attached hydrogens (tertiary/aromatic N) is 2. The fourth-order valence-corrected chi connectivity index (χ4v) is 7.13. The first kappa shape index (κ1) is 27.5. The standard InChI is InChI=1S/C30H37ClI2N2/c1-20(18-32)22(3)29(4,17-21(2)30(5,33)23-10-8-7-9-11-23)35-27-13-12-24(31)16-25(27)26-19-34(6)15-14-28(26)35/h7-13,16-17,20,22H,14-15,18-19H2,1-6H3/b21-17+/t20-,22-,29-,30+/m0/s1. The van der Waals surface area contributed by atoms with Crippen LogP contribution in [0.15, 0.2) is 60.2 Å². The Hall–Kier alpha value is -0.570. The van der Waals surface area contributed by atoms with Crippen LogP contribution in [0.3, 0.4) is 0 Å². The number of hydrogen-bond donors (Lipinski definition) is 0. The number of halogens is 3. The number of rotatable bonds is 7. The van der Waals surface area contributed by atoms with Crippen molar-refractivity contribution >= 4 is 67.7 Å². The van der Waals surface area contributed by atoms with Crippen LogP contribution in [0.2, 0.25) is 5.02 Å². The van der Waals surface area contributed by atoms with Crippen molar-refractivity contribution in [3.8, 4) is 0 Å². The van der Waals surface area contributed by atoms with Gasteiger partial charge in [-0.25, -0.2) is 0 Å². The molecule has 2 nitrogen and oxygen atoms in total. The molecule has 1 aliphatic rings. The van der Waals surface area contributed by atoms with Gasteiger partial charge in [-0.05, 0) is 69.0 Å². The molecule has 188 valence electrons. The average molecular weight is 715 g/mol. The van der Waals surface area contributed by atoms with Crippen LogP contribution in [0, 0.1) is 11.8 Å². The third-order valence-electron chi connectivity index (χ3n) is 8.37. The molecule has 1 aliphatic heterocycles. The smallest absolute Gasteiger partial charge is 0.0648 e. The van der Waals surface area contributed by atoms with Gasteiger partial charge < -0.3 is 9.47 Å². The summed E-state index contributed by atoms with van der Waals surface area (Å²) < 4.78 is 3.74. The first-order valence-electron chi connectivity index (χ1n) is 12.5. The first-order chi connectivity index (χ1) is 16.5. The molecule has 0 unspecified atom stereocenters. The van der Waals surface area contributed by atoms with E-state index in [4.69, 9.17) is 11.6 Å². The van der Waals surface area contributed by atoms with Crippen molar-refractivity contribution in [3.05, 3.63) is 82.0 Å². The third-order valence-corrected chi connectivity index (χ3v) is 11.5. The molecule has 0 N–H and O–H groups in total. The summed E-state index contributed by atoms with van der Waals surface area (Å²) >= 11 is 11.7. The lowest BCUT2D eigenvalue weighted by Crippen LogP contribution is -2.42. The maximum Gasteiger partial charge on any atom is 0.0648 e. The van der Waals surface area contributed by atoms with E-state index in [9.17, 15) is 0 Å². The minimum atomic E-state index is -0.175. The number of likely N-dealkylation sites (N-methyl/N-ethyl adjacent to an activating group) is 1. The van der Waals surface area contributed by atoms with Crippen LogP contribution < -0.4 is 0 Å². The fourth-order valence-electron chi connectivity index (χ4n) is 5.68. The lowest BCUT2D eigenvalue weighted by molar-refractivity contribution is 0.211. The van der Waals surface area contributed by atoms with E-state index in [0.717, 1.165) is 29.0 Å². The van der Waals surface area contributed by atoms with Gasteiger partial charge in [-0.2, -0.15) is 0 Å². The second-order valence-electron chi connectivity index (χ2n) is 10.8. The summed E-state index contributed by atoms with van der Waals surface area (Å²) in [7, 11) is 2.22. The number of allylic oxidation sites excluding steroid dienone is 2. The number of hydrogen-bond acceptors (Lipinski definition) is 1. The largest absolute Gasteiger partial charge is 0.335 e. The van der Waals surface area contributed by atoms with E-state index in [0.29, 0.717) is 11.8 Å². The molecule has 0 saturated heterocycles. The van der Waals surface area contributed by atoms with Gasteiger partial charge in [0.05, 0.1) is 8.96 Å². The monoisotopic (exact) mass is 714 g/mol. The molecule has 0 bridgehead atoms. The van der Waals surface area contributed by atoms with E-state index in [2.05, 4.69) is 151 Å². The summed E-state index contributed by atoms with van der Waals surface area (Å²) in [5.74, 6) is 1.03. The summed E-state index contributed by atoms with van der Waals surface area (Å²) in [6, 6.07) is 17.4. The summed E-state index contributed by atoms with van der Waals surface area (Å²) in [6.45, 7) is 14.0. The van der Waals surface area contributed by atoms with Crippen molar-refractivity contribution in [2.45, 2.75) is 56.5 Å². The van der Waals surface area contributed by atoms with Gasteiger partial charge in [0.1, 0.15) is 0 Å². The number of benzene rings is 2. The van der Waals surface area contributed by atoms with E-state index in [-0.39, 0.29) is 8.96 Å².